The number of nitrogens with zero attached hydrogens (tertiary/aromatic N) is 2. The van der Waals surface area contributed by atoms with Crippen LogP contribution >= 0.6 is 0 Å². The standard InChI is InChI=1S/C52H74FN7O15S2/c1-7-52(73)34-20-38-44-30(23-60(38)50(71)33(34)25-75-51(52)72)19-32-31(28(4)35(53)21-37(32)58-44)13-10-11-17-74-26-55-47(68)29(5)56-49(70)43(27(2)3)59-48(69)36(57-42(65)14-9-8-12-18-77(6)76)15-16-41(64)54-22-39(62)45(66)46(67)40(63)24-61/h19-21,27,29,36,39-40,43,45-46,61-63,66-67,73H,7-18,22-26H2,1-6H3,(H,54,64)(H,55,68)(H,56,70)(H,57,65)(H,59,69)/t29-,36-,39-,40+,43-,45+,46+,52-,77?/m0/s1. The molecule has 0 aliphatic carbocycles. The number of aliphatic hydroxyl groups excluding tert-OH is 5. The van der Waals surface area contributed by atoms with Gasteiger partial charge < -0.3 is 71.3 Å². The van der Waals surface area contributed by atoms with Crippen molar-refractivity contribution < 1.29 is 73.3 Å². The van der Waals surface area contributed by atoms with Crippen molar-refractivity contribution in [1.82, 2.24) is 36.1 Å². The molecule has 1 aromatic carbocycles. The highest BCUT2D eigenvalue weighted by atomic mass is 32.8. The molecule has 2 aliphatic heterocycles. The van der Waals surface area contributed by atoms with E-state index in [2.05, 4.69) is 26.6 Å². The summed E-state index contributed by atoms with van der Waals surface area (Å²) in [6.45, 7) is 6.58. The second-order valence-electron chi connectivity index (χ2n) is 20.0. The first kappa shape index (κ1) is 62.5. The molecule has 5 amide bonds. The molecule has 9 atom stereocenters. The Morgan fingerprint density at radius 2 is 1.62 bits per heavy atom. The summed E-state index contributed by atoms with van der Waals surface area (Å²) >= 11 is 5.22. The molecule has 0 bridgehead atoms. The van der Waals surface area contributed by atoms with Gasteiger partial charge in [-0.2, -0.15) is 0 Å². The van der Waals surface area contributed by atoms with Gasteiger partial charge in [-0.3, -0.25) is 28.8 Å². The molecule has 22 nitrogen and oxygen atoms in total. The molecule has 0 saturated heterocycles. The van der Waals surface area contributed by atoms with Crippen molar-refractivity contribution in [3.8, 4) is 11.4 Å². The molecule has 25 heteroatoms. The molecule has 5 rings (SSSR count). The van der Waals surface area contributed by atoms with E-state index < -0.39 is 114 Å². The molecule has 426 valence electrons. The van der Waals surface area contributed by atoms with Crippen LogP contribution in [0.4, 0.5) is 4.39 Å². The fourth-order valence-corrected chi connectivity index (χ4v) is 10.1. The van der Waals surface area contributed by atoms with Crippen LogP contribution in [-0.2, 0) is 84.1 Å². The van der Waals surface area contributed by atoms with E-state index in [0.29, 0.717) is 48.2 Å². The van der Waals surface area contributed by atoms with E-state index >= 15 is 4.39 Å². The van der Waals surface area contributed by atoms with E-state index in [1.807, 2.05) is 12.3 Å². The smallest absolute Gasteiger partial charge is 0.343 e. The second kappa shape index (κ2) is 28.5. The third kappa shape index (κ3) is 15.9. The normalized spacial score (nSPS) is 17.9. The Kier molecular flexibility index (Phi) is 23.1. The van der Waals surface area contributed by atoms with Crippen LogP contribution in [0.1, 0.15) is 113 Å². The molecular weight excluding hydrogens is 1050 g/mol. The molecule has 2 aromatic heterocycles. The van der Waals surface area contributed by atoms with E-state index in [1.165, 1.54) is 17.6 Å². The molecule has 2 aliphatic rings. The van der Waals surface area contributed by atoms with Crippen molar-refractivity contribution in [2.75, 3.05) is 38.5 Å². The van der Waals surface area contributed by atoms with E-state index in [4.69, 9.17) is 30.8 Å². The number of esters is 1. The maximum absolute atomic E-state index is 15.4. The van der Waals surface area contributed by atoms with Crippen LogP contribution in [-0.4, -0.2) is 157 Å². The minimum atomic E-state index is -1.98. The van der Waals surface area contributed by atoms with Crippen molar-refractivity contribution in [1.29, 1.82) is 0 Å². The zero-order chi connectivity index (χ0) is 56.9. The molecule has 0 saturated carbocycles. The Morgan fingerprint density at radius 3 is 2.30 bits per heavy atom. The molecular formula is C52H74FN7O15S2. The van der Waals surface area contributed by atoms with E-state index in [-0.39, 0.29) is 72.8 Å². The molecule has 11 N–H and O–H groups in total. The quantitative estimate of drug-likeness (QED) is 0.0181. The predicted molar refractivity (Wildman–Crippen MR) is 285 cm³/mol. The number of pyridine rings is 2. The average molecular weight is 1120 g/mol. The Balaban J connectivity index is 1.11. The predicted octanol–water partition coefficient (Wildman–Crippen LogP) is -0.327. The SMILES string of the molecule is CC[C@@]1(O)C(=O)OCc2c1cc1n(c2=O)Cc2cc3c(CCCCOCNC(=O)[C@H](C)NC(=O)[C@@H](NC(=O)[C@H](CCC(=O)NC[C@H](O)[C@@H](O)[C@H](O)[C@H](O)CO)NC(=O)CCCCCS(C)=S)C(C)C)c(C)c(F)cc3nc2-1. The number of hydrogen-bond acceptors (Lipinski definition) is 17. The summed E-state index contributed by atoms with van der Waals surface area (Å²) in [7, 11) is -0.162. The number of cyclic esters (lactones) is 1. The number of benzene rings is 1. The number of carbonyl (C=O) groups is 6. The van der Waals surface area contributed by atoms with Crippen LogP contribution in [0.3, 0.4) is 0 Å². The topological polar surface area (TPSA) is 337 Å². The summed E-state index contributed by atoms with van der Waals surface area (Å²) < 4.78 is 27.8. The number of nitrogens with one attached hydrogen (secondary N) is 5. The lowest BCUT2D eigenvalue weighted by molar-refractivity contribution is -0.172. The summed E-state index contributed by atoms with van der Waals surface area (Å²) in [5, 5.41) is 73.5. The van der Waals surface area contributed by atoms with Crippen molar-refractivity contribution in [2.24, 2.45) is 5.92 Å². The van der Waals surface area contributed by atoms with Crippen molar-refractivity contribution in [2.45, 2.75) is 160 Å². The first-order valence-electron chi connectivity index (χ1n) is 25.9. The number of rotatable bonds is 30. The van der Waals surface area contributed by atoms with Gasteiger partial charge in [-0.25, -0.2) is 14.2 Å². The number of unbranched alkanes of at least 4 members (excludes halogenated alkanes) is 3. The van der Waals surface area contributed by atoms with Crippen LogP contribution in [0.2, 0.25) is 0 Å². The molecule has 3 aromatic rings. The average Bonchev–Trinajstić information content (AvgIpc) is 3.87. The lowest BCUT2D eigenvalue weighted by Gasteiger charge is -2.31. The number of fused-ring (bicyclic) bond motifs is 5. The maximum atomic E-state index is 15.4. The van der Waals surface area contributed by atoms with Crippen LogP contribution in [0.25, 0.3) is 22.3 Å². The van der Waals surface area contributed by atoms with Crippen LogP contribution in [0, 0.1) is 18.7 Å². The number of hydrogen-bond donors (Lipinski definition) is 11. The number of aromatic nitrogens is 2. The van der Waals surface area contributed by atoms with Gasteiger partial charge in [-0.15, -0.1) is 9.45 Å². The number of aryl methyl sites for hydroxylation is 1. The molecule has 1 unspecified atom stereocenters. The van der Waals surface area contributed by atoms with Gasteiger partial charge in [0.2, 0.25) is 29.5 Å². The summed E-state index contributed by atoms with van der Waals surface area (Å²) in [4.78, 5) is 97.2. The van der Waals surface area contributed by atoms with Gasteiger partial charge in [0.25, 0.3) is 5.56 Å². The number of halogens is 1. The maximum Gasteiger partial charge on any atom is 0.343 e. The van der Waals surface area contributed by atoms with E-state index in [1.54, 1.807) is 33.8 Å². The lowest BCUT2D eigenvalue weighted by atomic mass is 9.86. The fraction of sp³-hybridized carbons (Fsp3) is 0.615. The Bertz CT molecular complexity index is 2730. The fourth-order valence-electron chi connectivity index (χ4n) is 9.16. The van der Waals surface area contributed by atoms with Crippen LogP contribution in [0.5, 0.6) is 0 Å². The van der Waals surface area contributed by atoms with Crippen LogP contribution in [0.15, 0.2) is 23.0 Å². The molecule has 77 heavy (non-hydrogen) atoms. The van der Waals surface area contributed by atoms with Gasteiger partial charge in [0.15, 0.2) is 5.60 Å². The number of aliphatic hydroxyl groups is 6. The van der Waals surface area contributed by atoms with Crippen molar-refractivity contribution in [3.63, 3.8) is 0 Å². The van der Waals surface area contributed by atoms with Gasteiger partial charge in [-0.1, -0.05) is 38.4 Å². The Morgan fingerprint density at radius 1 is 0.909 bits per heavy atom. The number of amides is 5. The van der Waals surface area contributed by atoms with E-state index in [9.17, 15) is 59.1 Å². The summed E-state index contributed by atoms with van der Waals surface area (Å²) in [6.07, 6.45) is -2.25. The highest BCUT2D eigenvalue weighted by Gasteiger charge is 2.45. The monoisotopic (exact) mass is 1120 g/mol. The van der Waals surface area contributed by atoms with Gasteiger partial charge in [0, 0.05) is 48.6 Å². The molecule has 0 radical (unpaired) electrons. The third-order valence-corrected chi connectivity index (χ3v) is 15.3. The molecule has 0 spiro atoms. The van der Waals surface area contributed by atoms with Gasteiger partial charge in [0.1, 0.15) is 55.6 Å². The third-order valence-electron chi connectivity index (χ3n) is 13.9. The minimum absolute atomic E-state index is 0.00171. The Hall–Kier alpha value is -5.38. The van der Waals surface area contributed by atoms with Crippen molar-refractivity contribution >= 4 is 67.1 Å². The second-order valence-corrected chi connectivity index (χ2v) is 23.3. The Labute approximate surface area is 452 Å². The van der Waals surface area contributed by atoms with Gasteiger partial charge in [0.05, 0.1) is 41.7 Å². The summed E-state index contributed by atoms with van der Waals surface area (Å²) in [5.41, 5.74) is 1.17. The number of ether oxygens (including phenoxy) is 2. The lowest BCUT2D eigenvalue weighted by Crippen LogP contribution is -2.58. The molecule has 4 heterocycles. The largest absolute Gasteiger partial charge is 0.458 e. The van der Waals surface area contributed by atoms with Crippen LogP contribution < -0.4 is 32.1 Å². The summed E-state index contributed by atoms with van der Waals surface area (Å²) in [5.74, 6) is -4.20. The van der Waals surface area contributed by atoms with Gasteiger partial charge >= 0.3 is 5.97 Å². The van der Waals surface area contributed by atoms with Gasteiger partial charge in [-0.05, 0) is 100.0 Å². The highest BCUT2D eigenvalue weighted by molar-refractivity contribution is 8.28. The minimum Gasteiger partial charge on any atom is -0.458 e. The number of carbonyl (C=O) groups excluding carboxylic acids is 6. The summed E-state index contributed by atoms with van der Waals surface area (Å²) in [6, 6.07) is 1.29. The molecule has 0 fully saturated rings. The van der Waals surface area contributed by atoms with Crippen molar-refractivity contribution in [3.05, 3.63) is 62.2 Å². The highest BCUT2D eigenvalue weighted by Crippen LogP contribution is 2.39. The van der Waals surface area contributed by atoms with E-state index in [0.717, 1.165) is 35.1 Å². The zero-order valence-electron chi connectivity index (χ0n) is 44.3. The zero-order valence-corrected chi connectivity index (χ0v) is 46.0. The first-order chi connectivity index (χ1) is 36.4. The first-order valence-corrected chi connectivity index (χ1v) is 28.6.